The Morgan fingerprint density at radius 3 is 2.61 bits per heavy atom. The fourth-order valence-electron chi connectivity index (χ4n) is 2.43. The number of hydrogen-bond donors (Lipinski definition) is 1. The monoisotopic (exact) mass is 334 g/mol. The Labute approximate surface area is 140 Å². The molecule has 0 unspecified atom stereocenters. The predicted octanol–water partition coefficient (Wildman–Crippen LogP) is 3.35. The third kappa shape index (κ3) is 3.89. The van der Waals surface area contributed by atoms with Crippen LogP contribution in [0.3, 0.4) is 0 Å². The van der Waals surface area contributed by atoms with Gasteiger partial charge in [-0.15, -0.1) is 0 Å². The van der Waals surface area contributed by atoms with E-state index in [1.807, 2.05) is 16.7 Å². The van der Waals surface area contributed by atoms with Crippen molar-refractivity contribution in [2.24, 2.45) is 0 Å². The van der Waals surface area contributed by atoms with E-state index in [1.54, 1.807) is 20.3 Å². The van der Waals surface area contributed by atoms with Crippen molar-refractivity contribution in [1.29, 1.82) is 0 Å². The van der Waals surface area contributed by atoms with Crippen LogP contribution in [0.25, 0.3) is 11.3 Å². The lowest BCUT2D eigenvalue weighted by molar-refractivity contribution is 0.186. The van der Waals surface area contributed by atoms with Crippen molar-refractivity contribution in [3.8, 4) is 17.0 Å². The van der Waals surface area contributed by atoms with Crippen molar-refractivity contribution < 1.29 is 9.47 Å². The van der Waals surface area contributed by atoms with E-state index in [4.69, 9.17) is 21.7 Å². The smallest absolute Gasteiger partial charge is 0.252 e. The van der Waals surface area contributed by atoms with E-state index in [2.05, 4.69) is 24.9 Å². The van der Waals surface area contributed by atoms with Crippen molar-refractivity contribution in [3.05, 3.63) is 45.0 Å². The lowest BCUT2D eigenvalue weighted by Gasteiger charge is -2.17. The molecule has 1 aromatic heterocycles. The molecular weight excluding hydrogens is 312 g/mol. The first-order chi connectivity index (χ1) is 11.0. The maximum absolute atomic E-state index is 11.9. The van der Waals surface area contributed by atoms with Crippen molar-refractivity contribution in [2.45, 2.75) is 26.3 Å². The Morgan fingerprint density at radius 2 is 2.00 bits per heavy atom. The van der Waals surface area contributed by atoms with Crippen LogP contribution >= 0.6 is 12.2 Å². The summed E-state index contributed by atoms with van der Waals surface area (Å²) >= 11 is 5.32. The standard InChI is InChI=1S/C17H22N2O3S/c1-11(2)12-5-6-15(22-4)13(9-12)14-10-16(20)18-17(23)19(14)7-8-21-3/h5-6,9-11H,7-8H2,1-4H3,(H,18,20,23). The zero-order valence-corrected chi connectivity index (χ0v) is 14.7. The molecule has 1 aromatic carbocycles. The first-order valence-electron chi connectivity index (χ1n) is 7.49. The number of rotatable bonds is 6. The maximum Gasteiger partial charge on any atom is 0.252 e. The lowest BCUT2D eigenvalue weighted by atomic mass is 9.98. The maximum atomic E-state index is 11.9. The largest absolute Gasteiger partial charge is 0.496 e. The molecule has 0 bridgehead atoms. The molecular formula is C17H22N2O3S. The molecule has 6 heteroatoms. The molecule has 0 aliphatic rings. The normalized spacial score (nSPS) is 11.0. The second-order valence-corrected chi connectivity index (χ2v) is 5.97. The highest BCUT2D eigenvalue weighted by Gasteiger charge is 2.14. The Morgan fingerprint density at radius 1 is 1.26 bits per heavy atom. The van der Waals surface area contributed by atoms with E-state index in [0.29, 0.717) is 29.6 Å². The lowest BCUT2D eigenvalue weighted by Crippen LogP contribution is -2.17. The zero-order chi connectivity index (χ0) is 17.0. The molecule has 23 heavy (non-hydrogen) atoms. The summed E-state index contributed by atoms with van der Waals surface area (Å²) in [5.74, 6) is 1.08. The van der Waals surface area contributed by atoms with Crippen molar-refractivity contribution in [2.75, 3.05) is 20.8 Å². The molecule has 2 rings (SSSR count). The van der Waals surface area contributed by atoms with Crippen molar-refractivity contribution >= 4 is 12.2 Å². The Bertz CT molecular complexity index is 793. The molecule has 0 spiro atoms. The van der Waals surface area contributed by atoms with Crippen LogP contribution in [0, 0.1) is 4.77 Å². The summed E-state index contributed by atoms with van der Waals surface area (Å²) in [4.78, 5) is 14.6. The van der Waals surface area contributed by atoms with Gasteiger partial charge in [-0.05, 0) is 35.8 Å². The van der Waals surface area contributed by atoms with Crippen LogP contribution in [0.1, 0.15) is 25.3 Å². The van der Waals surface area contributed by atoms with Crippen LogP contribution in [0.2, 0.25) is 0 Å². The molecule has 2 aromatic rings. The van der Waals surface area contributed by atoms with Gasteiger partial charge in [0.05, 0.1) is 19.4 Å². The second-order valence-electron chi connectivity index (χ2n) is 5.58. The number of H-pyrrole nitrogens is 1. The van der Waals surface area contributed by atoms with Gasteiger partial charge in [0.25, 0.3) is 5.56 Å². The van der Waals surface area contributed by atoms with Crippen LogP contribution < -0.4 is 10.3 Å². The van der Waals surface area contributed by atoms with Crippen LogP contribution in [0.15, 0.2) is 29.1 Å². The van der Waals surface area contributed by atoms with E-state index in [0.717, 1.165) is 11.3 Å². The number of methoxy groups -OCH3 is 2. The van der Waals surface area contributed by atoms with Gasteiger partial charge >= 0.3 is 0 Å². The Balaban J connectivity index is 2.71. The summed E-state index contributed by atoms with van der Waals surface area (Å²) in [5, 5.41) is 0. The summed E-state index contributed by atoms with van der Waals surface area (Å²) in [5.41, 5.74) is 2.53. The average molecular weight is 334 g/mol. The summed E-state index contributed by atoms with van der Waals surface area (Å²) in [6, 6.07) is 7.56. The van der Waals surface area contributed by atoms with E-state index >= 15 is 0 Å². The molecule has 1 heterocycles. The van der Waals surface area contributed by atoms with Crippen molar-refractivity contribution in [3.63, 3.8) is 0 Å². The minimum absolute atomic E-state index is 0.226. The highest BCUT2D eigenvalue weighted by molar-refractivity contribution is 7.71. The molecule has 5 nitrogen and oxygen atoms in total. The van der Waals surface area contributed by atoms with Gasteiger partial charge in [-0.1, -0.05) is 19.9 Å². The first kappa shape index (κ1) is 17.4. The molecule has 0 aliphatic heterocycles. The van der Waals surface area contributed by atoms with Gasteiger partial charge in [-0.2, -0.15) is 0 Å². The fraction of sp³-hybridized carbons (Fsp3) is 0.412. The minimum atomic E-state index is -0.226. The summed E-state index contributed by atoms with van der Waals surface area (Å²) in [6.07, 6.45) is 0. The molecule has 0 radical (unpaired) electrons. The highest BCUT2D eigenvalue weighted by Crippen LogP contribution is 2.32. The topological polar surface area (TPSA) is 56.2 Å². The molecule has 0 aliphatic carbocycles. The number of aromatic amines is 1. The van der Waals surface area contributed by atoms with E-state index in [1.165, 1.54) is 5.56 Å². The summed E-state index contributed by atoms with van der Waals surface area (Å²) < 4.78 is 12.9. The van der Waals surface area contributed by atoms with Crippen LogP contribution in [-0.4, -0.2) is 30.4 Å². The Kier molecular flexibility index (Phi) is 5.74. The number of hydrogen-bond acceptors (Lipinski definition) is 4. The van der Waals surface area contributed by atoms with E-state index < -0.39 is 0 Å². The number of aromatic nitrogens is 2. The molecule has 0 amide bonds. The molecule has 0 saturated heterocycles. The molecule has 0 fully saturated rings. The SMILES string of the molecule is COCCn1c(-c2cc(C(C)C)ccc2OC)cc(=O)[nH]c1=S. The molecule has 124 valence electrons. The highest BCUT2D eigenvalue weighted by atomic mass is 32.1. The number of nitrogens with one attached hydrogen (secondary N) is 1. The zero-order valence-electron chi connectivity index (χ0n) is 13.9. The average Bonchev–Trinajstić information content (AvgIpc) is 2.52. The molecule has 0 saturated carbocycles. The van der Waals surface area contributed by atoms with Crippen LogP contribution in [-0.2, 0) is 11.3 Å². The van der Waals surface area contributed by atoms with Gasteiger partial charge < -0.3 is 14.0 Å². The third-order valence-corrected chi connectivity index (χ3v) is 4.04. The molecule has 0 atom stereocenters. The van der Waals surface area contributed by atoms with E-state index in [9.17, 15) is 4.79 Å². The minimum Gasteiger partial charge on any atom is -0.496 e. The quantitative estimate of drug-likeness (QED) is 0.823. The van der Waals surface area contributed by atoms with Gasteiger partial charge in [-0.3, -0.25) is 9.78 Å². The summed E-state index contributed by atoms with van der Waals surface area (Å²) in [6.45, 7) is 5.30. The fourth-order valence-corrected chi connectivity index (χ4v) is 2.72. The van der Waals surface area contributed by atoms with Crippen LogP contribution in [0.5, 0.6) is 5.75 Å². The number of nitrogens with zero attached hydrogens (tertiary/aromatic N) is 1. The van der Waals surface area contributed by atoms with Gasteiger partial charge in [0.15, 0.2) is 4.77 Å². The number of ether oxygens (including phenoxy) is 2. The van der Waals surface area contributed by atoms with Gasteiger partial charge in [0, 0.05) is 25.3 Å². The second kappa shape index (κ2) is 7.57. The number of benzene rings is 1. The third-order valence-electron chi connectivity index (χ3n) is 3.72. The summed E-state index contributed by atoms with van der Waals surface area (Å²) in [7, 11) is 3.25. The predicted molar refractivity (Wildman–Crippen MR) is 93.8 cm³/mol. The van der Waals surface area contributed by atoms with Crippen LogP contribution in [0.4, 0.5) is 0 Å². The van der Waals surface area contributed by atoms with Crippen molar-refractivity contribution in [1.82, 2.24) is 9.55 Å². The van der Waals surface area contributed by atoms with Gasteiger partial charge in [0.1, 0.15) is 5.75 Å². The van der Waals surface area contributed by atoms with Gasteiger partial charge in [0.2, 0.25) is 0 Å². The van der Waals surface area contributed by atoms with Gasteiger partial charge in [-0.25, -0.2) is 0 Å². The Hall–Kier alpha value is -1.92. The first-order valence-corrected chi connectivity index (χ1v) is 7.90. The molecule has 1 N–H and O–H groups in total. The van der Waals surface area contributed by atoms with E-state index in [-0.39, 0.29) is 5.56 Å².